The Balaban J connectivity index is 1.53. The second-order valence-electron chi connectivity index (χ2n) is 8.19. The monoisotopic (exact) mass is 501 g/mol. The molecule has 0 unspecified atom stereocenters. The highest BCUT2D eigenvalue weighted by atomic mass is 32.2. The van der Waals surface area contributed by atoms with E-state index in [1.54, 1.807) is 20.0 Å². The van der Waals surface area contributed by atoms with Crippen LogP contribution in [0.15, 0.2) is 88.8 Å². The maximum absolute atomic E-state index is 13.3. The van der Waals surface area contributed by atoms with Gasteiger partial charge in [-0.15, -0.1) is 11.8 Å². The van der Waals surface area contributed by atoms with Crippen LogP contribution in [0.3, 0.4) is 0 Å². The molecule has 4 amide bonds. The SMILES string of the molecule is CSc1ccccc1NC(=O)N[C@@H](C)C(=O)N[C@H]1N=C(c2ccccc2)c2ccccc2N(C)C1=O. The Hall–Kier alpha value is -4.11. The summed E-state index contributed by atoms with van der Waals surface area (Å²) in [6, 6.07) is 22.9. The number of benzodiazepines with no additional fused rings is 1. The number of para-hydroxylation sites is 2. The molecule has 0 spiro atoms. The van der Waals surface area contributed by atoms with Crippen LogP contribution in [0.2, 0.25) is 0 Å². The highest BCUT2D eigenvalue weighted by Gasteiger charge is 2.32. The number of hydrogen-bond acceptors (Lipinski definition) is 5. The molecular formula is C27H27N5O3S. The van der Waals surface area contributed by atoms with Crippen molar-refractivity contribution in [2.24, 2.45) is 4.99 Å². The van der Waals surface area contributed by atoms with Gasteiger partial charge in [-0.3, -0.25) is 9.59 Å². The molecule has 36 heavy (non-hydrogen) atoms. The van der Waals surface area contributed by atoms with Gasteiger partial charge in [-0.2, -0.15) is 0 Å². The van der Waals surface area contributed by atoms with Gasteiger partial charge in [0.2, 0.25) is 12.1 Å². The number of carbonyl (C=O) groups is 3. The maximum Gasteiger partial charge on any atom is 0.319 e. The highest BCUT2D eigenvalue weighted by molar-refractivity contribution is 7.98. The third-order valence-corrected chi connectivity index (χ3v) is 6.56. The van der Waals surface area contributed by atoms with Crippen molar-refractivity contribution in [3.63, 3.8) is 0 Å². The first kappa shape index (κ1) is 25.0. The number of carbonyl (C=O) groups excluding carboxylic acids is 3. The number of fused-ring (bicyclic) bond motifs is 1. The summed E-state index contributed by atoms with van der Waals surface area (Å²) in [4.78, 5) is 45.9. The Morgan fingerprint density at radius 2 is 1.64 bits per heavy atom. The molecule has 3 N–H and O–H groups in total. The van der Waals surface area contributed by atoms with E-state index in [9.17, 15) is 14.4 Å². The van der Waals surface area contributed by atoms with Crippen LogP contribution < -0.4 is 20.9 Å². The van der Waals surface area contributed by atoms with E-state index < -0.39 is 24.1 Å². The Morgan fingerprint density at radius 1 is 0.972 bits per heavy atom. The van der Waals surface area contributed by atoms with E-state index in [0.29, 0.717) is 17.1 Å². The van der Waals surface area contributed by atoms with Crippen molar-refractivity contribution in [3.05, 3.63) is 90.0 Å². The molecule has 3 aromatic carbocycles. The van der Waals surface area contributed by atoms with Gasteiger partial charge in [0.25, 0.3) is 5.91 Å². The zero-order valence-electron chi connectivity index (χ0n) is 20.2. The smallest absolute Gasteiger partial charge is 0.319 e. The lowest BCUT2D eigenvalue weighted by atomic mass is 10.0. The highest BCUT2D eigenvalue weighted by Crippen LogP contribution is 2.27. The fourth-order valence-electron chi connectivity index (χ4n) is 3.87. The lowest BCUT2D eigenvalue weighted by molar-refractivity contribution is -0.128. The third kappa shape index (κ3) is 5.41. The summed E-state index contributed by atoms with van der Waals surface area (Å²) in [5.74, 6) is -0.913. The summed E-state index contributed by atoms with van der Waals surface area (Å²) in [6.45, 7) is 1.55. The first-order valence-electron chi connectivity index (χ1n) is 11.4. The fourth-order valence-corrected chi connectivity index (χ4v) is 4.42. The minimum atomic E-state index is -1.16. The molecule has 0 bridgehead atoms. The lowest BCUT2D eigenvalue weighted by Crippen LogP contribution is -2.52. The molecule has 0 aromatic heterocycles. The molecule has 4 rings (SSSR count). The van der Waals surface area contributed by atoms with E-state index in [0.717, 1.165) is 16.0 Å². The normalized spacial score (nSPS) is 15.8. The molecule has 1 heterocycles. The van der Waals surface area contributed by atoms with Gasteiger partial charge in [0, 0.05) is 23.1 Å². The number of rotatable bonds is 6. The summed E-state index contributed by atoms with van der Waals surface area (Å²) in [5.41, 5.74) is 3.55. The van der Waals surface area contributed by atoms with Crippen LogP contribution in [0.25, 0.3) is 0 Å². The molecule has 1 aliphatic rings. The van der Waals surface area contributed by atoms with Crippen LogP contribution in [-0.2, 0) is 9.59 Å². The lowest BCUT2D eigenvalue weighted by Gasteiger charge is -2.22. The zero-order chi connectivity index (χ0) is 25.7. The summed E-state index contributed by atoms with van der Waals surface area (Å²) in [5, 5.41) is 8.09. The minimum Gasteiger partial charge on any atom is -0.326 e. The van der Waals surface area contributed by atoms with Crippen molar-refractivity contribution in [1.82, 2.24) is 10.6 Å². The molecule has 1 aliphatic heterocycles. The zero-order valence-corrected chi connectivity index (χ0v) is 21.0. The van der Waals surface area contributed by atoms with Crippen molar-refractivity contribution in [2.45, 2.75) is 24.0 Å². The van der Waals surface area contributed by atoms with Crippen molar-refractivity contribution in [3.8, 4) is 0 Å². The molecule has 2 atom stereocenters. The molecule has 0 aliphatic carbocycles. The van der Waals surface area contributed by atoms with Crippen molar-refractivity contribution in [1.29, 1.82) is 0 Å². The second kappa shape index (κ2) is 11.1. The van der Waals surface area contributed by atoms with Crippen molar-refractivity contribution in [2.75, 3.05) is 23.5 Å². The van der Waals surface area contributed by atoms with Crippen LogP contribution in [0, 0.1) is 0 Å². The quantitative estimate of drug-likeness (QED) is 0.446. The largest absolute Gasteiger partial charge is 0.326 e. The molecule has 0 fully saturated rings. The Kier molecular flexibility index (Phi) is 7.70. The molecule has 0 saturated carbocycles. The summed E-state index contributed by atoms with van der Waals surface area (Å²) in [7, 11) is 1.65. The van der Waals surface area contributed by atoms with Gasteiger partial charge in [-0.05, 0) is 31.4 Å². The van der Waals surface area contributed by atoms with E-state index in [-0.39, 0.29) is 5.91 Å². The summed E-state index contributed by atoms with van der Waals surface area (Å²) < 4.78 is 0. The van der Waals surface area contributed by atoms with Gasteiger partial charge in [0.05, 0.1) is 17.1 Å². The van der Waals surface area contributed by atoms with Crippen molar-refractivity contribution < 1.29 is 14.4 Å². The first-order chi connectivity index (χ1) is 17.4. The number of amides is 4. The standard InChI is InChI=1S/C27H27N5O3S/c1-17(28-27(35)29-20-14-8-10-16-22(20)36-3)25(33)31-24-26(34)32(2)21-15-9-7-13-19(21)23(30-24)18-11-5-4-6-12-18/h4-17,24H,1-3H3,(H,31,33)(H2,28,29,35)/t17-,24+/m0/s1. The van der Waals surface area contributed by atoms with Gasteiger partial charge >= 0.3 is 6.03 Å². The van der Waals surface area contributed by atoms with E-state index >= 15 is 0 Å². The van der Waals surface area contributed by atoms with Crippen LogP contribution in [0.1, 0.15) is 18.1 Å². The van der Waals surface area contributed by atoms with Crippen molar-refractivity contribution >= 4 is 46.7 Å². The number of hydrogen-bond donors (Lipinski definition) is 3. The second-order valence-corrected chi connectivity index (χ2v) is 9.04. The van der Waals surface area contributed by atoms with Crippen LogP contribution in [0.4, 0.5) is 16.2 Å². The average Bonchev–Trinajstić information content (AvgIpc) is 3.00. The fraction of sp³-hybridized carbons (Fsp3) is 0.185. The maximum atomic E-state index is 13.3. The van der Waals surface area contributed by atoms with Gasteiger partial charge < -0.3 is 20.9 Å². The number of aliphatic imine (C=N–C) groups is 1. The van der Waals surface area contributed by atoms with Crippen LogP contribution in [-0.4, -0.2) is 49.1 Å². The number of benzene rings is 3. The number of urea groups is 1. The number of nitrogens with zero attached hydrogens (tertiary/aromatic N) is 2. The van der Waals surface area contributed by atoms with Gasteiger partial charge in [0.1, 0.15) is 6.04 Å². The number of thioether (sulfide) groups is 1. The molecule has 184 valence electrons. The van der Waals surface area contributed by atoms with Crippen LogP contribution in [0.5, 0.6) is 0 Å². The molecular weight excluding hydrogens is 474 g/mol. The Bertz CT molecular complexity index is 1310. The summed E-state index contributed by atoms with van der Waals surface area (Å²) >= 11 is 1.50. The van der Waals surface area contributed by atoms with E-state index in [1.165, 1.54) is 16.7 Å². The summed E-state index contributed by atoms with van der Waals surface area (Å²) in [6.07, 6.45) is 0.757. The van der Waals surface area contributed by atoms with E-state index in [4.69, 9.17) is 0 Å². The first-order valence-corrected chi connectivity index (χ1v) is 12.6. The Morgan fingerprint density at radius 3 is 2.39 bits per heavy atom. The molecule has 0 radical (unpaired) electrons. The minimum absolute atomic E-state index is 0.382. The topological polar surface area (TPSA) is 103 Å². The molecule has 9 heteroatoms. The number of nitrogens with one attached hydrogen (secondary N) is 3. The molecule has 8 nitrogen and oxygen atoms in total. The molecule has 3 aromatic rings. The third-order valence-electron chi connectivity index (χ3n) is 5.77. The van der Waals surface area contributed by atoms with Gasteiger partial charge in [-0.25, -0.2) is 9.79 Å². The van der Waals surface area contributed by atoms with Gasteiger partial charge in [0.15, 0.2) is 0 Å². The molecule has 0 saturated heterocycles. The van der Waals surface area contributed by atoms with Gasteiger partial charge in [-0.1, -0.05) is 60.7 Å². The van der Waals surface area contributed by atoms with Crippen LogP contribution >= 0.6 is 11.8 Å². The number of likely N-dealkylation sites (N-methyl/N-ethyl adjacent to an activating group) is 1. The van der Waals surface area contributed by atoms with E-state index in [2.05, 4.69) is 20.9 Å². The predicted octanol–water partition coefficient (Wildman–Crippen LogP) is 3.87. The number of anilines is 2. The van der Waals surface area contributed by atoms with E-state index in [1.807, 2.05) is 79.1 Å². The average molecular weight is 502 g/mol. The predicted molar refractivity (Wildman–Crippen MR) is 144 cm³/mol. The Labute approximate surface area is 214 Å².